The van der Waals surface area contributed by atoms with Gasteiger partial charge in [-0.05, 0) is 72.5 Å². The van der Waals surface area contributed by atoms with Crippen molar-refractivity contribution in [2.24, 2.45) is 0 Å². The third-order valence-corrected chi connectivity index (χ3v) is 6.46. The number of hydrogen-bond donors (Lipinski definition) is 2. The maximum absolute atomic E-state index is 12.6. The molecule has 2 N–H and O–H groups in total. The van der Waals surface area contributed by atoms with E-state index in [0.717, 1.165) is 51.5 Å². The van der Waals surface area contributed by atoms with E-state index in [1.807, 2.05) is 61.5 Å². The number of rotatable bonds is 5. The summed E-state index contributed by atoms with van der Waals surface area (Å²) in [6.07, 6.45) is 3.84. The highest BCUT2D eigenvalue weighted by molar-refractivity contribution is 14.1. The van der Waals surface area contributed by atoms with Crippen molar-refractivity contribution >= 4 is 51.2 Å². The van der Waals surface area contributed by atoms with E-state index in [1.54, 1.807) is 0 Å². The molecule has 6 nitrogen and oxygen atoms in total. The molecule has 0 saturated heterocycles. The summed E-state index contributed by atoms with van der Waals surface area (Å²) >= 11 is 2.21. The lowest BCUT2D eigenvalue weighted by Crippen LogP contribution is -2.40. The minimum atomic E-state index is 0.0184. The molecule has 1 aliphatic carbocycles. The standard InChI is InChI=1S/C23H26IN5O/c1-29(2)21-18-8-4-6-10-20(18)27-23(28-21)26-16-13-11-15(12-14-16)25-22(30)17-7-3-5-9-19(17)24/h3-10,15-16H,11-14H2,1-2H3,(H,25,30)(H,26,27,28)/t15-,16+. The van der Waals surface area contributed by atoms with E-state index in [2.05, 4.69) is 39.3 Å². The molecule has 0 atom stereocenters. The first-order chi connectivity index (χ1) is 14.5. The Morgan fingerprint density at radius 1 is 0.967 bits per heavy atom. The number of nitrogens with zero attached hydrogens (tertiary/aromatic N) is 3. The Kier molecular flexibility index (Phi) is 6.36. The number of fused-ring (bicyclic) bond motifs is 1. The number of benzene rings is 2. The second-order valence-electron chi connectivity index (χ2n) is 7.93. The fraction of sp³-hybridized carbons (Fsp3) is 0.348. The number of halogens is 1. The second kappa shape index (κ2) is 9.16. The van der Waals surface area contributed by atoms with Gasteiger partial charge in [0, 0.05) is 35.1 Å². The van der Waals surface area contributed by atoms with Gasteiger partial charge < -0.3 is 15.5 Å². The number of carbonyl (C=O) groups is 1. The van der Waals surface area contributed by atoms with Gasteiger partial charge in [-0.3, -0.25) is 4.79 Å². The maximum atomic E-state index is 12.6. The lowest BCUT2D eigenvalue weighted by Gasteiger charge is -2.30. The van der Waals surface area contributed by atoms with Crippen molar-refractivity contribution in [1.29, 1.82) is 0 Å². The minimum Gasteiger partial charge on any atom is -0.362 e. The highest BCUT2D eigenvalue weighted by Crippen LogP contribution is 2.26. The van der Waals surface area contributed by atoms with Crippen molar-refractivity contribution in [2.45, 2.75) is 37.8 Å². The molecule has 0 radical (unpaired) electrons. The van der Waals surface area contributed by atoms with Crippen LogP contribution in [0.3, 0.4) is 0 Å². The molecule has 3 aromatic rings. The van der Waals surface area contributed by atoms with Gasteiger partial charge >= 0.3 is 0 Å². The predicted octanol–water partition coefficient (Wildman–Crippen LogP) is 4.45. The van der Waals surface area contributed by atoms with Gasteiger partial charge in [0.15, 0.2) is 0 Å². The average Bonchev–Trinajstić information content (AvgIpc) is 2.74. The molecule has 7 heteroatoms. The summed E-state index contributed by atoms with van der Waals surface area (Å²) in [4.78, 5) is 24.1. The van der Waals surface area contributed by atoms with Crippen LogP contribution in [-0.4, -0.2) is 42.1 Å². The van der Waals surface area contributed by atoms with Crippen LogP contribution in [-0.2, 0) is 0 Å². The van der Waals surface area contributed by atoms with Gasteiger partial charge in [-0.15, -0.1) is 0 Å². The van der Waals surface area contributed by atoms with Crippen molar-refractivity contribution in [3.63, 3.8) is 0 Å². The van der Waals surface area contributed by atoms with Gasteiger partial charge in [0.1, 0.15) is 5.82 Å². The predicted molar refractivity (Wildman–Crippen MR) is 130 cm³/mol. The first-order valence-electron chi connectivity index (χ1n) is 10.3. The quantitative estimate of drug-likeness (QED) is 0.492. The fourth-order valence-electron chi connectivity index (χ4n) is 3.94. The van der Waals surface area contributed by atoms with Crippen molar-refractivity contribution in [3.05, 3.63) is 57.7 Å². The van der Waals surface area contributed by atoms with Crippen LogP contribution in [0.25, 0.3) is 10.9 Å². The zero-order valence-electron chi connectivity index (χ0n) is 17.2. The molecule has 1 heterocycles. The van der Waals surface area contributed by atoms with Crippen LogP contribution in [0.4, 0.5) is 11.8 Å². The van der Waals surface area contributed by atoms with Crippen LogP contribution in [0, 0.1) is 3.57 Å². The van der Waals surface area contributed by atoms with Crippen molar-refractivity contribution < 1.29 is 4.79 Å². The lowest BCUT2D eigenvalue weighted by molar-refractivity contribution is 0.0925. The summed E-state index contributed by atoms with van der Waals surface area (Å²) in [5, 5.41) is 7.77. The van der Waals surface area contributed by atoms with Gasteiger partial charge in [0.25, 0.3) is 5.91 Å². The number of hydrogen-bond acceptors (Lipinski definition) is 5. The summed E-state index contributed by atoms with van der Waals surface area (Å²) in [5.74, 6) is 1.61. The topological polar surface area (TPSA) is 70.2 Å². The van der Waals surface area contributed by atoms with Crippen LogP contribution < -0.4 is 15.5 Å². The highest BCUT2D eigenvalue weighted by atomic mass is 127. The van der Waals surface area contributed by atoms with Crippen LogP contribution in [0.5, 0.6) is 0 Å². The summed E-state index contributed by atoms with van der Waals surface area (Å²) in [7, 11) is 4.00. The summed E-state index contributed by atoms with van der Waals surface area (Å²) in [5.41, 5.74) is 1.69. The molecule has 0 unspecified atom stereocenters. The monoisotopic (exact) mass is 515 g/mol. The van der Waals surface area contributed by atoms with E-state index < -0.39 is 0 Å². The molecule has 4 rings (SSSR count). The van der Waals surface area contributed by atoms with Crippen LogP contribution >= 0.6 is 22.6 Å². The molecule has 1 fully saturated rings. The molecule has 1 saturated carbocycles. The Bertz CT molecular complexity index is 1050. The van der Waals surface area contributed by atoms with Gasteiger partial charge in [-0.25, -0.2) is 4.98 Å². The largest absolute Gasteiger partial charge is 0.362 e. The average molecular weight is 515 g/mol. The molecule has 30 heavy (non-hydrogen) atoms. The molecule has 1 aliphatic rings. The molecular weight excluding hydrogens is 489 g/mol. The second-order valence-corrected chi connectivity index (χ2v) is 9.09. The zero-order valence-corrected chi connectivity index (χ0v) is 19.4. The number of amides is 1. The minimum absolute atomic E-state index is 0.0184. The molecule has 1 amide bonds. The van der Waals surface area contributed by atoms with Gasteiger partial charge in [-0.1, -0.05) is 24.3 Å². The van der Waals surface area contributed by atoms with E-state index in [-0.39, 0.29) is 11.9 Å². The van der Waals surface area contributed by atoms with E-state index >= 15 is 0 Å². The number of aromatic nitrogens is 2. The van der Waals surface area contributed by atoms with Gasteiger partial charge in [0.2, 0.25) is 5.95 Å². The Labute approximate surface area is 190 Å². The normalized spacial score (nSPS) is 18.8. The number of para-hydroxylation sites is 1. The van der Waals surface area contributed by atoms with E-state index in [4.69, 9.17) is 9.97 Å². The van der Waals surface area contributed by atoms with E-state index in [0.29, 0.717) is 12.0 Å². The third-order valence-electron chi connectivity index (χ3n) is 5.52. The van der Waals surface area contributed by atoms with E-state index in [1.165, 1.54) is 0 Å². The Balaban J connectivity index is 1.38. The van der Waals surface area contributed by atoms with Gasteiger partial charge in [0.05, 0.1) is 11.1 Å². The van der Waals surface area contributed by atoms with Crippen LogP contribution in [0.1, 0.15) is 36.0 Å². The molecule has 0 spiro atoms. The Hall–Kier alpha value is -2.42. The molecule has 156 valence electrons. The zero-order chi connectivity index (χ0) is 21.1. The highest BCUT2D eigenvalue weighted by Gasteiger charge is 2.24. The number of carbonyl (C=O) groups excluding carboxylic acids is 1. The fourth-order valence-corrected chi connectivity index (χ4v) is 4.57. The third kappa shape index (κ3) is 4.66. The van der Waals surface area contributed by atoms with Gasteiger partial charge in [-0.2, -0.15) is 4.98 Å². The van der Waals surface area contributed by atoms with Crippen LogP contribution in [0.2, 0.25) is 0 Å². The van der Waals surface area contributed by atoms with Crippen molar-refractivity contribution in [1.82, 2.24) is 15.3 Å². The van der Waals surface area contributed by atoms with Crippen molar-refractivity contribution in [2.75, 3.05) is 24.3 Å². The maximum Gasteiger partial charge on any atom is 0.252 e. The summed E-state index contributed by atoms with van der Waals surface area (Å²) in [6, 6.07) is 16.3. The molecule has 1 aromatic heterocycles. The smallest absolute Gasteiger partial charge is 0.252 e. The lowest BCUT2D eigenvalue weighted by atomic mass is 9.91. The number of nitrogens with one attached hydrogen (secondary N) is 2. The molecule has 0 bridgehead atoms. The Morgan fingerprint density at radius 3 is 2.37 bits per heavy atom. The Morgan fingerprint density at radius 2 is 1.63 bits per heavy atom. The first kappa shape index (κ1) is 20.8. The van der Waals surface area contributed by atoms with Crippen LogP contribution in [0.15, 0.2) is 48.5 Å². The molecule has 2 aromatic carbocycles. The van der Waals surface area contributed by atoms with Crippen molar-refractivity contribution in [3.8, 4) is 0 Å². The SMILES string of the molecule is CN(C)c1nc(N[C@H]2CC[C@@H](NC(=O)c3ccccc3I)CC2)nc2ccccc12. The van der Waals surface area contributed by atoms with E-state index in [9.17, 15) is 4.79 Å². The first-order valence-corrected chi connectivity index (χ1v) is 11.3. The summed E-state index contributed by atoms with van der Waals surface area (Å²) < 4.78 is 0.980. The molecule has 0 aliphatic heterocycles. The number of anilines is 2. The summed E-state index contributed by atoms with van der Waals surface area (Å²) in [6.45, 7) is 0. The molecular formula is C23H26IN5O.